The van der Waals surface area contributed by atoms with E-state index in [-0.39, 0.29) is 17.3 Å². The zero-order chi connectivity index (χ0) is 12.6. The van der Waals surface area contributed by atoms with Crippen molar-refractivity contribution in [2.45, 2.75) is 6.42 Å². The molecular formula is C11H5BBrClO2S. The normalized spacial score (nSPS) is 18.1. The summed E-state index contributed by atoms with van der Waals surface area (Å²) in [5.74, 6) is -0.162. The van der Waals surface area contributed by atoms with Crippen molar-refractivity contribution >= 4 is 69.6 Å². The highest BCUT2D eigenvalue weighted by atomic mass is 79.9. The van der Waals surface area contributed by atoms with Gasteiger partial charge in [0.25, 0.3) is 0 Å². The number of carbonyl (C=O) groups is 2. The molecule has 0 bridgehead atoms. The number of carbonyl (C=O) groups excluding carboxylic acids is 2. The number of halogens is 2. The van der Waals surface area contributed by atoms with Crippen molar-refractivity contribution in [3.8, 4) is 0 Å². The summed E-state index contributed by atoms with van der Waals surface area (Å²) >= 11 is 10.1. The molecule has 0 amide bonds. The minimum Gasteiger partial charge on any atom is -0.293 e. The van der Waals surface area contributed by atoms with Gasteiger partial charge in [-0.15, -0.1) is 0 Å². The highest BCUT2D eigenvalue weighted by Gasteiger charge is 2.25. The summed E-state index contributed by atoms with van der Waals surface area (Å²) in [5.41, 5.74) is 1.14. The fourth-order valence-corrected chi connectivity index (χ4v) is 2.74. The standard InChI is InChI=1S/C11H5BBrClO2S/c12-6-3-8(14)7(13)1-5(6)2-10-9(15)4-11(16)17-10/h1-3H,4H2/b10-2-. The zero-order valence-electron chi connectivity index (χ0n) is 8.50. The Morgan fingerprint density at radius 3 is 2.71 bits per heavy atom. The molecule has 0 spiro atoms. The second-order valence-electron chi connectivity index (χ2n) is 3.48. The van der Waals surface area contributed by atoms with E-state index in [4.69, 9.17) is 19.4 Å². The van der Waals surface area contributed by atoms with E-state index in [1.807, 2.05) is 0 Å². The van der Waals surface area contributed by atoms with E-state index in [0.29, 0.717) is 25.4 Å². The Labute approximate surface area is 117 Å². The molecule has 0 N–H and O–H groups in total. The predicted octanol–water partition coefficient (Wildman–Crippen LogP) is 2.47. The smallest absolute Gasteiger partial charge is 0.201 e. The molecule has 1 aliphatic heterocycles. The number of benzene rings is 1. The molecular weight excluding hydrogens is 322 g/mol. The Hall–Kier alpha value is -0.515. The molecule has 6 heteroatoms. The zero-order valence-corrected chi connectivity index (χ0v) is 11.7. The maximum Gasteiger partial charge on any atom is 0.201 e. The fourth-order valence-electron chi connectivity index (χ4n) is 1.39. The molecule has 84 valence electrons. The van der Waals surface area contributed by atoms with Crippen molar-refractivity contribution in [1.29, 1.82) is 0 Å². The number of rotatable bonds is 1. The molecule has 2 nitrogen and oxygen atoms in total. The molecule has 1 fully saturated rings. The summed E-state index contributed by atoms with van der Waals surface area (Å²) in [6.07, 6.45) is 1.58. The van der Waals surface area contributed by atoms with Crippen LogP contribution in [0.5, 0.6) is 0 Å². The van der Waals surface area contributed by atoms with E-state index in [0.717, 1.165) is 11.8 Å². The first-order valence-electron chi connectivity index (χ1n) is 4.67. The van der Waals surface area contributed by atoms with Crippen LogP contribution in [0.4, 0.5) is 0 Å². The topological polar surface area (TPSA) is 34.1 Å². The van der Waals surface area contributed by atoms with Gasteiger partial charge in [-0.25, -0.2) is 0 Å². The molecule has 0 saturated carbocycles. The number of thioether (sulfide) groups is 1. The van der Waals surface area contributed by atoms with Crippen LogP contribution in [-0.2, 0) is 9.59 Å². The number of hydrogen-bond donors (Lipinski definition) is 0. The molecule has 0 aromatic heterocycles. The van der Waals surface area contributed by atoms with Crippen LogP contribution >= 0.6 is 39.3 Å². The maximum atomic E-state index is 11.5. The minimum absolute atomic E-state index is 0.0365. The van der Waals surface area contributed by atoms with Crippen LogP contribution in [0.1, 0.15) is 12.0 Å². The Kier molecular flexibility index (Phi) is 3.80. The van der Waals surface area contributed by atoms with Gasteiger partial charge in [0.15, 0.2) is 5.78 Å². The van der Waals surface area contributed by atoms with Crippen molar-refractivity contribution in [3.05, 3.63) is 32.1 Å². The lowest BCUT2D eigenvalue weighted by Gasteiger charge is -2.04. The summed E-state index contributed by atoms with van der Waals surface area (Å²) in [7, 11) is 5.79. The molecule has 1 aromatic rings. The van der Waals surface area contributed by atoms with Gasteiger partial charge in [0.2, 0.25) is 5.12 Å². The van der Waals surface area contributed by atoms with Crippen LogP contribution in [-0.4, -0.2) is 18.7 Å². The Morgan fingerprint density at radius 1 is 1.41 bits per heavy atom. The summed E-state index contributed by atoms with van der Waals surface area (Å²) in [6.45, 7) is 0. The minimum atomic E-state index is -0.162. The van der Waals surface area contributed by atoms with Crippen molar-refractivity contribution in [3.63, 3.8) is 0 Å². The molecule has 0 unspecified atom stereocenters. The first kappa shape index (κ1) is 12.9. The van der Waals surface area contributed by atoms with E-state index in [1.165, 1.54) is 0 Å². The Bertz CT molecular complexity index is 557. The molecule has 0 aliphatic carbocycles. The first-order valence-corrected chi connectivity index (χ1v) is 6.66. The highest BCUT2D eigenvalue weighted by Crippen LogP contribution is 2.31. The van der Waals surface area contributed by atoms with Crippen LogP contribution in [0, 0.1) is 0 Å². The second-order valence-corrected chi connectivity index (χ2v) is 5.84. The maximum absolute atomic E-state index is 11.5. The lowest BCUT2D eigenvalue weighted by Crippen LogP contribution is -2.07. The summed E-state index contributed by atoms with van der Waals surface area (Å²) in [4.78, 5) is 23.0. The van der Waals surface area contributed by atoms with Gasteiger partial charge < -0.3 is 0 Å². The highest BCUT2D eigenvalue weighted by molar-refractivity contribution is 9.10. The third kappa shape index (κ3) is 2.84. The molecule has 1 aromatic carbocycles. The van der Waals surface area contributed by atoms with Gasteiger partial charge in [0, 0.05) is 4.47 Å². The molecule has 1 aliphatic rings. The second kappa shape index (κ2) is 5.00. The number of hydrogen-bond acceptors (Lipinski definition) is 3. The fraction of sp³-hybridized carbons (Fsp3) is 0.0909. The largest absolute Gasteiger partial charge is 0.293 e. The van der Waals surface area contributed by atoms with Gasteiger partial charge in [0.05, 0.1) is 16.3 Å². The average Bonchev–Trinajstić information content (AvgIpc) is 2.54. The Balaban J connectivity index is 2.42. The molecule has 0 atom stereocenters. The van der Waals surface area contributed by atoms with Gasteiger partial charge in [-0.3, -0.25) is 9.59 Å². The monoisotopic (exact) mass is 326 g/mol. The third-order valence-corrected chi connectivity index (χ3v) is 4.35. The van der Waals surface area contributed by atoms with Gasteiger partial charge in [0.1, 0.15) is 7.85 Å². The van der Waals surface area contributed by atoms with E-state index in [9.17, 15) is 9.59 Å². The molecule has 2 radical (unpaired) electrons. The third-order valence-electron chi connectivity index (χ3n) is 2.22. The van der Waals surface area contributed by atoms with Gasteiger partial charge in [-0.2, -0.15) is 0 Å². The predicted molar refractivity (Wildman–Crippen MR) is 74.7 cm³/mol. The van der Waals surface area contributed by atoms with Crippen molar-refractivity contribution < 1.29 is 9.59 Å². The molecule has 1 heterocycles. The lowest BCUT2D eigenvalue weighted by molar-refractivity contribution is -0.119. The van der Waals surface area contributed by atoms with Crippen molar-refractivity contribution in [2.24, 2.45) is 0 Å². The van der Waals surface area contributed by atoms with E-state index >= 15 is 0 Å². The van der Waals surface area contributed by atoms with Gasteiger partial charge in [-0.1, -0.05) is 17.1 Å². The molecule has 2 rings (SSSR count). The average molecular weight is 327 g/mol. The Morgan fingerprint density at radius 2 is 2.12 bits per heavy atom. The first-order chi connectivity index (χ1) is 7.97. The number of allylic oxidation sites excluding steroid dienone is 1. The molecule has 17 heavy (non-hydrogen) atoms. The summed E-state index contributed by atoms with van der Waals surface area (Å²) in [6, 6.07) is 3.32. The van der Waals surface area contributed by atoms with Crippen LogP contribution < -0.4 is 5.46 Å². The van der Waals surface area contributed by atoms with Gasteiger partial charge in [-0.05, 0) is 51.5 Å². The molecule has 1 saturated heterocycles. The SMILES string of the molecule is [B]c1cc(Cl)c(Br)cc1/C=C1\SC(=O)CC1=O. The lowest BCUT2D eigenvalue weighted by atomic mass is 9.90. The quantitative estimate of drug-likeness (QED) is 0.451. The summed E-state index contributed by atoms with van der Waals surface area (Å²) in [5, 5.41) is 0.374. The van der Waals surface area contributed by atoms with Crippen molar-refractivity contribution in [1.82, 2.24) is 0 Å². The van der Waals surface area contributed by atoms with E-state index < -0.39 is 0 Å². The van der Waals surface area contributed by atoms with E-state index in [2.05, 4.69) is 15.9 Å². The van der Waals surface area contributed by atoms with E-state index in [1.54, 1.807) is 18.2 Å². The van der Waals surface area contributed by atoms with Crippen LogP contribution in [0.2, 0.25) is 5.02 Å². The van der Waals surface area contributed by atoms with Gasteiger partial charge >= 0.3 is 0 Å². The number of ketones is 1. The van der Waals surface area contributed by atoms with Crippen LogP contribution in [0.3, 0.4) is 0 Å². The van der Waals surface area contributed by atoms with Crippen molar-refractivity contribution in [2.75, 3.05) is 0 Å². The summed E-state index contributed by atoms with van der Waals surface area (Å²) < 4.78 is 0.696. The number of Topliss-reactive ketones (excluding diaryl/α,β-unsaturated/α-hetero) is 1. The van der Waals surface area contributed by atoms with Crippen LogP contribution in [0.25, 0.3) is 6.08 Å². The van der Waals surface area contributed by atoms with Crippen LogP contribution in [0.15, 0.2) is 21.5 Å².